The Morgan fingerprint density at radius 3 is 1.62 bits per heavy atom. The van der Waals surface area contributed by atoms with Crippen molar-refractivity contribution in [2.75, 3.05) is 5.73 Å². The molecule has 0 fully saturated rings. The first kappa shape index (κ1) is 20.4. The lowest BCUT2D eigenvalue weighted by Crippen LogP contribution is -1.89. The van der Waals surface area contributed by atoms with E-state index in [9.17, 15) is 0 Å². The zero-order chi connectivity index (χ0) is 18.5. The predicted octanol–water partition coefficient (Wildman–Crippen LogP) is 7.52. The number of nitrogen functional groups attached to an aromatic ring is 1. The van der Waals surface area contributed by atoms with Crippen LogP contribution in [0.25, 0.3) is 0 Å². The number of rotatable bonds is 13. The summed E-state index contributed by atoms with van der Waals surface area (Å²) in [7, 11) is 0. The van der Waals surface area contributed by atoms with Crippen LogP contribution < -0.4 is 10.5 Å². The highest BCUT2D eigenvalue weighted by Gasteiger charge is 1.99. The second-order valence-electron chi connectivity index (χ2n) is 7.25. The molecule has 2 rings (SSSR count). The van der Waals surface area contributed by atoms with E-state index in [-0.39, 0.29) is 0 Å². The summed E-state index contributed by atoms with van der Waals surface area (Å²) in [5.41, 5.74) is 7.84. The minimum atomic E-state index is 0.754. The van der Waals surface area contributed by atoms with Crippen LogP contribution >= 0.6 is 0 Å². The number of benzene rings is 2. The fourth-order valence-electron chi connectivity index (χ4n) is 3.21. The van der Waals surface area contributed by atoms with E-state index in [2.05, 4.69) is 31.2 Å². The van der Waals surface area contributed by atoms with Crippen LogP contribution in [-0.2, 0) is 6.42 Å². The van der Waals surface area contributed by atoms with Crippen molar-refractivity contribution >= 4 is 5.69 Å². The van der Waals surface area contributed by atoms with E-state index in [0.717, 1.165) is 17.2 Å². The van der Waals surface area contributed by atoms with Gasteiger partial charge in [-0.2, -0.15) is 0 Å². The summed E-state index contributed by atoms with van der Waals surface area (Å²) in [6, 6.07) is 16.0. The summed E-state index contributed by atoms with van der Waals surface area (Å²) >= 11 is 0. The van der Waals surface area contributed by atoms with Crippen molar-refractivity contribution < 1.29 is 4.74 Å². The van der Waals surface area contributed by atoms with Crippen molar-refractivity contribution in [1.29, 1.82) is 0 Å². The van der Waals surface area contributed by atoms with Gasteiger partial charge < -0.3 is 10.5 Å². The van der Waals surface area contributed by atoms with Crippen LogP contribution in [0.15, 0.2) is 48.5 Å². The molecule has 0 unspecified atom stereocenters. The molecule has 26 heavy (non-hydrogen) atoms. The third-order valence-electron chi connectivity index (χ3n) is 4.86. The standard InChI is InChI=1S/C24H35NO/c1-2-3-4-5-6-7-8-9-10-11-12-21-13-17-23(18-14-21)26-24-19-15-22(25)16-20-24/h13-20H,2-12,25H2,1H3. The summed E-state index contributed by atoms with van der Waals surface area (Å²) < 4.78 is 5.84. The van der Waals surface area contributed by atoms with Gasteiger partial charge in [0.15, 0.2) is 0 Å². The number of unbranched alkanes of at least 4 members (excludes halogenated alkanes) is 9. The van der Waals surface area contributed by atoms with Crippen molar-refractivity contribution in [1.82, 2.24) is 0 Å². The Kier molecular flexibility index (Phi) is 9.71. The summed E-state index contributed by atoms with van der Waals surface area (Å²) in [4.78, 5) is 0. The normalized spacial score (nSPS) is 10.8. The number of aryl methyl sites for hydroxylation is 1. The van der Waals surface area contributed by atoms with Gasteiger partial charge in [0.1, 0.15) is 11.5 Å². The lowest BCUT2D eigenvalue weighted by Gasteiger charge is -2.07. The number of hydrogen-bond acceptors (Lipinski definition) is 2. The Labute approximate surface area is 159 Å². The van der Waals surface area contributed by atoms with Crippen LogP contribution in [0.1, 0.15) is 76.7 Å². The molecule has 0 atom stereocenters. The maximum absolute atomic E-state index is 5.84. The van der Waals surface area contributed by atoms with E-state index in [1.165, 1.54) is 76.2 Å². The van der Waals surface area contributed by atoms with E-state index in [1.807, 2.05) is 24.3 Å². The fraction of sp³-hybridized carbons (Fsp3) is 0.500. The molecule has 0 saturated heterocycles. The van der Waals surface area contributed by atoms with E-state index in [4.69, 9.17) is 10.5 Å². The molecule has 0 heterocycles. The first-order chi connectivity index (χ1) is 12.8. The largest absolute Gasteiger partial charge is 0.457 e. The lowest BCUT2D eigenvalue weighted by atomic mass is 10.0. The molecule has 2 heteroatoms. The van der Waals surface area contributed by atoms with Crippen LogP contribution in [0.2, 0.25) is 0 Å². The quantitative estimate of drug-likeness (QED) is 0.298. The monoisotopic (exact) mass is 353 g/mol. The zero-order valence-electron chi connectivity index (χ0n) is 16.4. The van der Waals surface area contributed by atoms with Crippen LogP contribution in [0.5, 0.6) is 11.5 Å². The highest BCUT2D eigenvalue weighted by molar-refractivity contribution is 5.43. The van der Waals surface area contributed by atoms with Crippen molar-refractivity contribution in [3.63, 3.8) is 0 Å². The summed E-state index contributed by atoms with van der Waals surface area (Å²) in [6.45, 7) is 2.28. The molecule has 0 amide bonds. The molecular formula is C24H35NO. The van der Waals surface area contributed by atoms with E-state index in [0.29, 0.717) is 0 Å². The Morgan fingerprint density at radius 1 is 0.615 bits per heavy atom. The molecule has 0 bridgehead atoms. The van der Waals surface area contributed by atoms with E-state index >= 15 is 0 Å². The molecule has 0 aliphatic rings. The van der Waals surface area contributed by atoms with Crippen molar-refractivity contribution in [2.45, 2.75) is 77.6 Å². The number of nitrogens with two attached hydrogens (primary N) is 1. The average molecular weight is 354 g/mol. The lowest BCUT2D eigenvalue weighted by molar-refractivity contribution is 0.482. The molecule has 0 aliphatic carbocycles. The van der Waals surface area contributed by atoms with E-state index in [1.54, 1.807) is 0 Å². The molecule has 2 N–H and O–H groups in total. The molecular weight excluding hydrogens is 318 g/mol. The smallest absolute Gasteiger partial charge is 0.127 e. The van der Waals surface area contributed by atoms with Gasteiger partial charge in [0, 0.05) is 5.69 Å². The molecule has 2 aromatic rings. The molecule has 2 nitrogen and oxygen atoms in total. The van der Waals surface area contributed by atoms with Gasteiger partial charge in [-0.25, -0.2) is 0 Å². The van der Waals surface area contributed by atoms with E-state index < -0.39 is 0 Å². The third kappa shape index (κ3) is 8.42. The second-order valence-corrected chi connectivity index (χ2v) is 7.25. The zero-order valence-corrected chi connectivity index (χ0v) is 16.4. The number of ether oxygens (including phenoxy) is 1. The average Bonchev–Trinajstić information content (AvgIpc) is 2.66. The first-order valence-electron chi connectivity index (χ1n) is 10.4. The molecule has 0 aromatic heterocycles. The Hall–Kier alpha value is -1.96. The summed E-state index contributed by atoms with van der Waals surface area (Å²) in [6.07, 6.45) is 15.0. The SMILES string of the molecule is CCCCCCCCCCCCc1ccc(Oc2ccc(N)cc2)cc1. The van der Waals surface area contributed by atoms with Gasteiger partial charge in [-0.05, 0) is 54.8 Å². The molecule has 0 saturated carbocycles. The fourth-order valence-corrected chi connectivity index (χ4v) is 3.21. The molecule has 2 aromatic carbocycles. The summed E-state index contributed by atoms with van der Waals surface area (Å²) in [5, 5.41) is 0. The van der Waals surface area contributed by atoms with Crippen LogP contribution in [0.4, 0.5) is 5.69 Å². The highest BCUT2D eigenvalue weighted by atomic mass is 16.5. The predicted molar refractivity (Wildman–Crippen MR) is 113 cm³/mol. The van der Waals surface area contributed by atoms with Gasteiger partial charge in [0.2, 0.25) is 0 Å². The Bertz CT molecular complexity index is 589. The molecule has 0 aliphatic heterocycles. The van der Waals surface area contributed by atoms with Gasteiger partial charge in [0.25, 0.3) is 0 Å². The maximum atomic E-state index is 5.84. The molecule has 0 radical (unpaired) electrons. The topological polar surface area (TPSA) is 35.2 Å². The molecule has 142 valence electrons. The van der Waals surface area contributed by atoms with Crippen LogP contribution in [0, 0.1) is 0 Å². The third-order valence-corrected chi connectivity index (χ3v) is 4.86. The number of hydrogen-bond donors (Lipinski definition) is 1. The van der Waals surface area contributed by atoms with Gasteiger partial charge in [-0.3, -0.25) is 0 Å². The molecule has 0 spiro atoms. The second kappa shape index (κ2) is 12.4. The maximum Gasteiger partial charge on any atom is 0.127 e. The summed E-state index contributed by atoms with van der Waals surface area (Å²) in [5.74, 6) is 1.70. The van der Waals surface area contributed by atoms with Gasteiger partial charge in [0.05, 0.1) is 0 Å². The van der Waals surface area contributed by atoms with Crippen LogP contribution in [-0.4, -0.2) is 0 Å². The number of anilines is 1. The highest BCUT2D eigenvalue weighted by Crippen LogP contribution is 2.23. The van der Waals surface area contributed by atoms with Crippen LogP contribution in [0.3, 0.4) is 0 Å². The Balaban J connectivity index is 1.55. The van der Waals surface area contributed by atoms with Crippen molar-refractivity contribution in [3.8, 4) is 11.5 Å². The Morgan fingerprint density at radius 2 is 1.08 bits per heavy atom. The van der Waals surface area contributed by atoms with Gasteiger partial charge >= 0.3 is 0 Å². The van der Waals surface area contributed by atoms with Crippen molar-refractivity contribution in [2.24, 2.45) is 0 Å². The first-order valence-corrected chi connectivity index (χ1v) is 10.4. The minimum absolute atomic E-state index is 0.754. The van der Waals surface area contributed by atoms with Gasteiger partial charge in [-0.15, -0.1) is 0 Å². The van der Waals surface area contributed by atoms with Gasteiger partial charge in [-0.1, -0.05) is 76.8 Å². The minimum Gasteiger partial charge on any atom is -0.457 e. The van der Waals surface area contributed by atoms with Crippen molar-refractivity contribution in [3.05, 3.63) is 54.1 Å².